The molecule has 4 heteroatoms. The highest BCUT2D eigenvalue weighted by Crippen LogP contribution is 2.27. The molecule has 0 aromatic carbocycles. The Labute approximate surface area is 133 Å². The largest absolute Gasteiger partial charge is 0.467 e. The van der Waals surface area contributed by atoms with E-state index in [4.69, 9.17) is 4.42 Å². The van der Waals surface area contributed by atoms with Crippen LogP contribution in [-0.4, -0.2) is 41.3 Å². The van der Waals surface area contributed by atoms with E-state index in [1.807, 2.05) is 6.07 Å². The summed E-state index contributed by atoms with van der Waals surface area (Å²) in [5.41, 5.74) is 1.22. The monoisotopic (exact) mass is 306 g/mol. The normalized spacial score (nSPS) is 29.6. The molecule has 2 N–H and O–H groups in total. The first-order chi connectivity index (χ1) is 10.6. The molecule has 0 bridgehead atoms. The van der Waals surface area contributed by atoms with Gasteiger partial charge in [0.1, 0.15) is 5.76 Å². The van der Waals surface area contributed by atoms with Crippen LogP contribution in [0.15, 0.2) is 16.7 Å². The Morgan fingerprint density at radius 2 is 1.95 bits per heavy atom. The van der Waals surface area contributed by atoms with Gasteiger partial charge in [-0.25, -0.2) is 0 Å². The van der Waals surface area contributed by atoms with Gasteiger partial charge in [0.15, 0.2) is 0 Å². The summed E-state index contributed by atoms with van der Waals surface area (Å²) in [5, 5.41) is 13.9. The molecule has 0 spiro atoms. The first-order valence-electron chi connectivity index (χ1n) is 8.87. The molecule has 4 nitrogen and oxygen atoms in total. The summed E-state index contributed by atoms with van der Waals surface area (Å²) in [6, 6.07) is 3.25. The number of aliphatic hydroxyl groups excluding tert-OH is 1. The lowest BCUT2D eigenvalue weighted by atomic mass is 9.89. The van der Waals surface area contributed by atoms with Crippen LogP contribution < -0.4 is 5.32 Å². The van der Waals surface area contributed by atoms with Gasteiger partial charge in [-0.15, -0.1) is 0 Å². The van der Waals surface area contributed by atoms with Gasteiger partial charge < -0.3 is 14.8 Å². The van der Waals surface area contributed by atoms with Gasteiger partial charge >= 0.3 is 0 Å². The lowest BCUT2D eigenvalue weighted by molar-refractivity contribution is 0.00658. The van der Waals surface area contributed by atoms with Crippen LogP contribution in [0.1, 0.15) is 62.8 Å². The second kappa shape index (κ2) is 7.16. The SMILES string of the molecule is Cc1ccoc1C(C)NC1CCN(C2CCCCC2O)CC1. The molecule has 22 heavy (non-hydrogen) atoms. The van der Waals surface area contributed by atoms with Crippen LogP contribution in [-0.2, 0) is 0 Å². The van der Waals surface area contributed by atoms with Crippen LogP contribution in [0.3, 0.4) is 0 Å². The number of aryl methyl sites for hydroxylation is 1. The minimum atomic E-state index is -0.108. The summed E-state index contributed by atoms with van der Waals surface area (Å²) >= 11 is 0. The van der Waals surface area contributed by atoms with E-state index in [1.165, 1.54) is 24.8 Å². The molecule has 2 heterocycles. The standard InChI is InChI=1S/C18H30N2O2/c1-13-9-12-22-18(13)14(2)19-15-7-10-20(11-8-15)16-5-3-4-6-17(16)21/h9,12,14-17,19,21H,3-8,10-11H2,1-2H3. The highest BCUT2D eigenvalue weighted by atomic mass is 16.3. The Bertz CT molecular complexity index is 465. The van der Waals surface area contributed by atoms with E-state index >= 15 is 0 Å². The molecule has 2 aliphatic rings. The van der Waals surface area contributed by atoms with Crippen molar-refractivity contribution in [1.29, 1.82) is 0 Å². The van der Waals surface area contributed by atoms with Gasteiger partial charge in [0, 0.05) is 25.2 Å². The molecule has 1 aliphatic carbocycles. The number of nitrogens with zero attached hydrogens (tertiary/aromatic N) is 1. The fourth-order valence-corrected chi connectivity index (χ4v) is 4.17. The summed E-state index contributed by atoms with van der Waals surface area (Å²) < 4.78 is 5.59. The van der Waals surface area contributed by atoms with E-state index in [9.17, 15) is 5.11 Å². The Balaban J connectivity index is 1.48. The zero-order valence-electron chi connectivity index (χ0n) is 13.9. The topological polar surface area (TPSA) is 48.6 Å². The van der Waals surface area contributed by atoms with E-state index in [0.29, 0.717) is 12.1 Å². The lowest BCUT2D eigenvalue weighted by Gasteiger charge is -2.42. The van der Waals surface area contributed by atoms with Crippen molar-refractivity contribution in [2.45, 2.75) is 76.6 Å². The van der Waals surface area contributed by atoms with Gasteiger partial charge in [-0.05, 0) is 51.2 Å². The highest BCUT2D eigenvalue weighted by molar-refractivity contribution is 5.17. The number of furan rings is 1. The van der Waals surface area contributed by atoms with Gasteiger partial charge in [0.05, 0.1) is 18.4 Å². The Hall–Kier alpha value is -0.840. The Morgan fingerprint density at radius 3 is 2.59 bits per heavy atom. The molecule has 3 atom stereocenters. The first-order valence-corrected chi connectivity index (χ1v) is 8.87. The van der Waals surface area contributed by atoms with Crippen molar-refractivity contribution in [2.24, 2.45) is 0 Å². The molecule has 0 amide bonds. The molecule has 0 radical (unpaired) electrons. The maximum Gasteiger partial charge on any atom is 0.123 e. The second-order valence-electron chi connectivity index (χ2n) is 7.09. The number of hydrogen-bond donors (Lipinski definition) is 2. The van der Waals surface area contributed by atoms with Crippen molar-refractivity contribution in [3.8, 4) is 0 Å². The Kier molecular flexibility index (Phi) is 5.21. The molecular weight excluding hydrogens is 276 g/mol. The molecule has 2 fully saturated rings. The zero-order chi connectivity index (χ0) is 15.5. The third-order valence-corrected chi connectivity index (χ3v) is 5.47. The number of hydrogen-bond acceptors (Lipinski definition) is 4. The maximum atomic E-state index is 10.2. The van der Waals surface area contributed by atoms with E-state index in [2.05, 4.69) is 24.1 Å². The molecular formula is C18H30N2O2. The summed E-state index contributed by atoms with van der Waals surface area (Å²) in [6.45, 7) is 6.49. The molecule has 1 saturated carbocycles. The van der Waals surface area contributed by atoms with Crippen molar-refractivity contribution < 1.29 is 9.52 Å². The summed E-state index contributed by atoms with van der Waals surface area (Å²) in [6.07, 6.45) is 8.60. The van der Waals surface area contributed by atoms with Crippen molar-refractivity contribution in [2.75, 3.05) is 13.1 Å². The predicted molar refractivity (Wildman–Crippen MR) is 87.9 cm³/mol. The van der Waals surface area contributed by atoms with Gasteiger partial charge in [0.2, 0.25) is 0 Å². The van der Waals surface area contributed by atoms with Crippen molar-refractivity contribution in [3.05, 3.63) is 23.7 Å². The molecule has 1 saturated heterocycles. The average Bonchev–Trinajstić information content (AvgIpc) is 2.95. The quantitative estimate of drug-likeness (QED) is 0.898. The number of nitrogens with one attached hydrogen (secondary N) is 1. The summed E-state index contributed by atoms with van der Waals surface area (Å²) in [7, 11) is 0. The average molecular weight is 306 g/mol. The van der Waals surface area contributed by atoms with Gasteiger partial charge in [-0.3, -0.25) is 4.90 Å². The lowest BCUT2D eigenvalue weighted by Crippen LogP contribution is -2.51. The van der Waals surface area contributed by atoms with Crippen molar-refractivity contribution in [1.82, 2.24) is 10.2 Å². The van der Waals surface area contributed by atoms with Crippen LogP contribution in [0, 0.1) is 6.92 Å². The second-order valence-corrected chi connectivity index (χ2v) is 7.09. The minimum absolute atomic E-state index is 0.108. The zero-order valence-corrected chi connectivity index (χ0v) is 13.9. The fraction of sp³-hybridized carbons (Fsp3) is 0.778. The van der Waals surface area contributed by atoms with Crippen LogP contribution in [0.2, 0.25) is 0 Å². The van der Waals surface area contributed by atoms with E-state index in [0.717, 1.165) is 38.1 Å². The number of rotatable bonds is 4. The number of likely N-dealkylation sites (tertiary alicyclic amines) is 1. The number of aliphatic hydroxyl groups is 1. The van der Waals surface area contributed by atoms with E-state index < -0.39 is 0 Å². The van der Waals surface area contributed by atoms with Crippen molar-refractivity contribution >= 4 is 0 Å². The van der Waals surface area contributed by atoms with Gasteiger partial charge in [0.25, 0.3) is 0 Å². The smallest absolute Gasteiger partial charge is 0.123 e. The van der Waals surface area contributed by atoms with E-state index in [1.54, 1.807) is 6.26 Å². The van der Waals surface area contributed by atoms with Gasteiger partial charge in [-0.1, -0.05) is 12.8 Å². The molecule has 124 valence electrons. The maximum absolute atomic E-state index is 10.2. The molecule has 1 aromatic rings. The Morgan fingerprint density at radius 1 is 1.23 bits per heavy atom. The van der Waals surface area contributed by atoms with Crippen LogP contribution in [0.5, 0.6) is 0 Å². The summed E-state index contributed by atoms with van der Waals surface area (Å²) in [4.78, 5) is 2.52. The molecule has 3 unspecified atom stereocenters. The fourth-order valence-electron chi connectivity index (χ4n) is 4.17. The van der Waals surface area contributed by atoms with Crippen LogP contribution in [0.25, 0.3) is 0 Å². The van der Waals surface area contributed by atoms with Gasteiger partial charge in [-0.2, -0.15) is 0 Å². The molecule has 1 aliphatic heterocycles. The summed E-state index contributed by atoms with van der Waals surface area (Å²) in [5.74, 6) is 1.06. The van der Waals surface area contributed by atoms with E-state index in [-0.39, 0.29) is 12.1 Å². The minimum Gasteiger partial charge on any atom is -0.467 e. The van der Waals surface area contributed by atoms with Crippen LogP contribution >= 0.6 is 0 Å². The molecule has 3 rings (SSSR count). The highest BCUT2D eigenvalue weighted by Gasteiger charge is 2.31. The number of piperidine rings is 1. The first kappa shape index (κ1) is 16.0. The third-order valence-electron chi connectivity index (χ3n) is 5.47. The van der Waals surface area contributed by atoms with Crippen LogP contribution in [0.4, 0.5) is 0 Å². The molecule has 1 aromatic heterocycles. The third kappa shape index (κ3) is 3.55. The predicted octanol–water partition coefficient (Wildman–Crippen LogP) is 3.01. The van der Waals surface area contributed by atoms with Crippen molar-refractivity contribution in [3.63, 3.8) is 0 Å².